The van der Waals surface area contributed by atoms with E-state index in [2.05, 4.69) is 21.7 Å². The van der Waals surface area contributed by atoms with Gasteiger partial charge in [-0.05, 0) is 58.3 Å². The zero-order valence-corrected chi connectivity index (χ0v) is 19.5. The molecule has 0 fully saturated rings. The van der Waals surface area contributed by atoms with Gasteiger partial charge < -0.3 is 20.3 Å². The Kier molecular flexibility index (Phi) is 8.04. The molecule has 3 aromatic rings. The van der Waals surface area contributed by atoms with Crippen LogP contribution in [0, 0.1) is 17.1 Å². The quantitative estimate of drug-likeness (QED) is 0.440. The van der Waals surface area contributed by atoms with Crippen LogP contribution in [0.1, 0.15) is 25.3 Å². The predicted molar refractivity (Wildman–Crippen MR) is 129 cm³/mol. The molecule has 0 radical (unpaired) electrons. The highest BCUT2D eigenvalue weighted by Gasteiger charge is 2.16. The minimum Gasteiger partial charge on any atom is -0.492 e. The standard InChI is InChI=1S/C24H25ClFN5O2/c1-4-33-22-12-20-17(11-21(22)30-23(32)6-5-9-31(2)3)24(15(13-27)14-28-20)29-16-7-8-19(26)18(25)10-16/h7-8,10-12,14H,4-6,9H2,1-3H3,(H,28,29)(H,30,32). The van der Waals surface area contributed by atoms with E-state index in [0.717, 1.165) is 6.54 Å². The lowest BCUT2D eigenvalue weighted by atomic mass is 10.1. The summed E-state index contributed by atoms with van der Waals surface area (Å²) in [5.74, 6) is -0.191. The summed E-state index contributed by atoms with van der Waals surface area (Å²) >= 11 is 5.91. The van der Waals surface area contributed by atoms with E-state index < -0.39 is 5.82 Å². The molecule has 3 rings (SSSR count). The topological polar surface area (TPSA) is 90.3 Å². The first-order valence-electron chi connectivity index (χ1n) is 10.5. The number of aromatic nitrogens is 1. The number of rotatable bonds is 9. The van der Waals surface area contributed by atoms with E-state index in [-0.39, 0.29) is 16.5 Å². The van der Waals surface area contributed by atoms with Crippen molar-refractivity contribution in [1.29, 1.82) is 5.26 Å². The van der Waals surface area contributed by atoms with Crippen LogP contribution in [0.15, 0.2) is 36.5 Å². The highest BCUT2D eigenvalue weighted by Crippen LogP contribution is 2.36. The van der Waals surface area contributed by atoms with Gasteiger partial charge in [0, 0.05) is 29.8 Å². The van der Waals surface area contributed by atoms with Crippen LogP contribution in [-0.4, -0.2) is 43.0 Å². The highest BCUT2D eigenvalue weighted by molar-refractivity contribution is 6.31. The van der Waals surface area contributed by atoms with Gasteiger partial charge in [-0.1, -0.05) is 11.6 Å². The monoisotopic (exact) mass is 469 g/mol. The largest absolute Gasteiger partial charge is 0.492 e. The number of nitriles is 1. The molecule has 0 atom stereocenters. The van der Waals surface area contributed by atoms with Gasteiger partial charge in [0.2, 0.25) is 5.91 Å². The fraction of sp³-hybridized carbons (Fsp3) is 0.292. The third-order valence-electron chi connectivity index (χ3n) is 4.86. The molecule has 0 spiro atoms. The van der Waals surface area contributed by atoms with Gasteiger partial charge in [-0.3, -0.25) is 9.78 Å². The van der Waals surface area contributed by atoms with Crippen LogP contribution in [0.4, 0.5) is 21.5 Å². The Bertz CT molecular complexity index is 1210. The number of fused-ring (bicyclic) bond motifs is 1. The molecule has 7 nitrogen and oxygen atoms in total. The Hall–Kier alpha value is -3.41. The molecule has 0 saturated heterocycles. The molecule has 0 saturated carbocycles. The summed E-state index contributed by atoms with van der Waals surface area (Å²) < 4.78 is 19.3. The maximum atomic E-state index is 13.6. The lowest BCUT2D eigenvalue weighted by Gasteiger charge is -2.16. The first-order valence-corrected chi connectivity index (χ1v) is 10.9. The Morgan fingerprint density at radius 3 is 2.76 bits per heavy atom. The van der Waals surface area contributed by atoms with Crippen molar-refractivity contribution >= 4 is 45.5 Å². The number of pyridine rings is 1. The van der Waals surface area contributed by atoms with Crippen LogP contribution in [-0.2, 0) is 4.79 Å². The predicted octanol–water partition coefficient (Wildman–Crippen LogP) is 5.32. The van der Waals surface area contributed by atoms with E-state index in [4.69, 9.17) is 16.3 Å². The summed E-state index contributed by atoms with van der Waals surface area (Å²) in [6.07, 6.45) is 2.52. The maximum Gasteiger partial charge on any atom is 0.224 e. The Morgan fingerprint density at radius 1 is 1.30 bits per heavy atom. The molecule has 2 aromatic carbocycles. The Labute approximate surface area is 197 Å². The van der Waals surface area contributed by atoms with Gasteiger partial charge in [-0.15, -0.1) is 0 Å². The van der Waals surface area contributed by atoms with Gasteiger partial charge in [0.05, 0.1) is 34.1 Å². The van der Waals surface area contributed by atoms with Crippen molar-refractivity contribution in [2.75, 3.05) is 37.9 Å². The van der Waals surface area contributed by atoms with Crippen molar-refractivity contribution in [3.8, 4) is 11.8 Å². The number of benzene rings is 2. The number of ether oxygens (including phenoxy) is 1. The molecule has 1 heterocycles. The van der Waals surface area contributed by atoms with Crippen molar-refractivity contribution in [3.05, 3.63) is 52.9 Å². The SMILES string of the molecule is CCOc1cc2ncc(C#N)c(Nc3ccc(F)c(Cl)c3)c2cc1NC(=O)CCCN(C)C. The first kappa shape index (κ1) is 24.2. The number of amides is 1. The molecule has 33 heavy (non-hydrogen) atoms. The number of nitrogens with one attached hydrogen (secondary N) is 2. The van der Waals surface area contributed by atoms with Gasteiger partial charge in [-0.2, -0.15) is 5.26 Å². The lowest BCUT2D eigenvalue weighted by molar-refractivity contribution is -0.116. The van der Waals surface area contributed by atoms with Gasteiger partial charge in [0.25, 0.3) is 0 Å². The van der Waals surface area contributed by atoms with Crippen molar-refractivity contribution < 1.29 is 13.9 Å². The van der Waals surface area contributed by atoms with Gasteiger partial charge in [0.1, 0.15) is 17.6 Å². The zero-order valence-electron chi connectivity index (χ0n) is 18.7. The Morgan fingerprint density at radius 2 is 2.09 bits per heavy atom. The third kappa shape index (κ3) is 6.09. The molecule has 0 aliphatic heterocycles. The molecule has 172 valence electrons. The third-order valence-corrected chi connectivity index (χ3v) is 5.15. The minimum atomic E-state index is -0.539. The number of anilines is 3. The second-order valence-corrected chi connectivity index (χ2v) is 8.07. The number of carbonyl (C=O) groups is 1. The molecule has 9 heteroatoms. The van der Waals surface area contributed by atoms with Gasteiger partial charge in [0.15, 0.2) is 0 Å². The smallest absolute Gasteiger partial charge is 0.224 e. The number of halogens is 2. The van der Waals surface area contributed by atoms with E-state index in [1.54, 1.807) is 12.1 Å². The van der Waals surface area contributed by atoms with Crippen LogP contribution < -0.4 is 15.4 Å². The fourth-order valence-electron chi connectivity index (χ4n) is 3.30. The molecular formula is C24H25ClFN5O2. The van der Waals surface area contributed by atoms with Gasteiger partial charge in [-0.25, -0.2) is 4.39 Å². The van der Waals surface area contributed by atoms with E-state index in [1.165, 1.54) is 24.4 Å². The normalized spacial score (nSPS) is 10.8. The van der Waals surface area contributed by atoms with Crippen molar-refractivity contribution in [2.45, 2.75) is 19.8 Å². The fourth-order valence-corrected chi connectivity index (χ4v) is 3.48. The van der Waals surface area contributed by atoms with Crippen molar-refractivity contribution in [2.24, 2.45) is 0 Å². The first-order chi connectivity index (χ1) is 15.8. The van der Waals surface area contributed by atoms with Crippen LogP contribution in [0.5, 0.6) is 5.75 Å². The average Bonchev–Trinajstić information content (AvgIpc) is 2.77. The highest BCUT2D eigenvalue weighted by atomic mass is 35.5. The van der Waals surface area contributed by atoms with Crippen LogP contribution in [0.25, 0.3) is 10.9 Å². The minimum absolute atomic E-state index is 0.0406. The van der Waals surface area contributed by atoms with Crippen LogP contribution in [0.3, 0.4) is 0 Å². The molecule has 0 aliphatic carbocycles. The molecule has 0 bridgehead atoms. The maximum absolute atomic E-state index is 13.6. The summed E-state index contributed by atoms with van der Waals surface area (Å²) in [5.41, 5.74) is 2.32. The van der Waals surface area contributed by atoms with Gasteiger partial charge >= 0.3 is 0 Å². The Balaban J connectivity index is 2.02. The van der Waals surface area contributed by atoms with E-state index >= 15 is 0 Å². The van der Waals surface area contributed by atoms with Crippen LogP contribution in [0.2, 0.25) is 5.02 Å². The molecule has 1 amide bonds. The van der Waals surface area contributed by atoms with E-state index in [9.17, 15) is 14.4 Å². The summed E-state index contributed by atoms with van der Waals surface area (Å²) in [4.78, 5) is 18.9. The number of hydrogen-bond donors (Lipinski definition) is 2. The average molecular weight is 470 g/mol. The zero-order chi connectivity index (χ0) is 24.0. The lowest BCUT2D eigenvalue weighted by Crippen LogP contribution is -2.17. The molecule has 0 unspecified atom stereocenters. The summed E-state index contributed by atoms with van der Waals surface area (Å²) in [6, 6.07) is 9.77. The number of nitrogens with zero attached hydrogens (tertiary/aromatic N) is 3. The summed E-state index contributed by atoms with van der Waals surface area (Å²) in [5, 5.41) is 16.2. The molecular weight excluding hydrogens is 445 g/mol. The molecule has 2 N–H and O–H groups in total. The molecule has 0 aliphatic rings. The van der Waals surface area contributed by atoms with Crippen molar-refractivity contribution in [3.63, 3.8) is 0 Å². The van der Waals surface area contributed by atoms with Crippen LogP contribution >= 0.6 is 11.6 Å². The summed E-state index contributed by atoms with van der Waals surface area (Å²) in [7, 11) is 3.91. The number of carbonyl (C=O) groups excluding carboxylic acids is 1. The van der Waals surface area contributed by atoms with E-state index in [1.807, 2.05) is 25.9 Å². The van der Waals surface area contributed by atoms with Crippen molar-refractivity contribution in [1.82, 2.24) is 9.88 Å². The summed E-state index contributed by atoms with van der Waals surface area (Å²) in [6.45, 7) is 3.06. The molecule has 1 aromatic heterocycles. The second-order valence-electron chi connectivity index (χ2n) is 7.67. The second kappa shape index (κ2) is 10.9. The van der Waals surface area contributed by atoms with E-state index in [0.29, 0.717) is 53.2 Å². The number of hydrogen-bond acceptors (Lipinski definition) is 6.